The predicted octanol–water partition coefficient (Wildman–Crippen LogP) is 2.66. The maximum atomic E-state index is 12.4. The minimum atomic E-state index is -0.806. The van der Waals surface area contributed by atoms with Gasteiger partial charge in [0.1, 0.15) is 5.82 Å². The number of imidazole rings is 1. The average molecular weight is 397 g/mol. The summed E-state index contributed by atoms with van der Waals surface area (Å²) in [4.78, 5) is 45.5. The first kappa shape index (κ1) is 19.5. The molecular weight excluding hydrogens is 382 g/mol. The summed E-state index contributed by atoms with van der Waals surface area (Å²) >= 11 is 0. The van der Waals surface area contributed by atoms with Gasteiger partial charge in [0.25, 0.3) is 17.3 Å². The summed E-state index contributed by atoms with van der Waals surface area (Å²) in [6.45, 7) is 5.56. The summed E-state index contributed by atoms with van der Waals surface area (Å²) in [7, 11) is 0. The van der Waals surface area contributed by atoms with Crippen molar-refractivity contribution in [3.63, 3.8) is 0 Å². The third-order valence-electron chi connectivity index (χ3n) is 4.19. The fourth-order valence-electron chi connectivity index (χ4n) is 2.71. The van der Waals surface area contributed by atoms with Crippen molar-refractivity contribution in [3.8, 4) is 5.95 Å². The fourth-order valence-corrected chi connectivity index (χ4v) is 2.71. The van der Waals surface area contributed by atoms with Crippen molar-refractivity contribution in [1.82, 2.24) is 19.5 Å². The normalized spacial score (nSPS) is 10.6. The van der Waals surface area contributed by atoms with Gasteiger partial charge in [-0.1, -0.05) is 0 Å². The molecule has 0 aliphatic rings. The van der Waals surface area contributed by atoms with E-state index in [4.69, 9.17) is 0 Å². The number of hydrogen-bond donors (Lipinski definition) is 1. The highest BCUT2D eigenvalue weighted by Crippen LogP contribution is 2.23. The number of nitrogens with zero attached hydrogens (tertiary/aromatic N) is 6. The Morgan fingerprint density at radius 3 is 2.00 bits per heavy atom. The van der Waals surface area contributed by atoms with Crippen LogP contribution in [0.5, 0.6) is 0 Å². The molecule has 3 aromatic rings. The number of carbonyl (C=O) groups is 1. The number of aromatic nitrogens is 4. The summed E-state index contributed by atoms with van der Waals surface area (Å²) < 4.78 is 1.75. The van der Waals surface area contributed by atoms with Gasteiger partial charge in [0.15, 0.2) is 0 Å². The van der Waals surface area contributed by atoms with Crippen molar-refractivity contribution >= 4 is 23.0 Å². The highest BCUT2D eigenvalue weighted by atomic mass is 16.6. The molecule has 2 heterocycles. The summed E-state index contributed by atoms with van der Waals surface area (Å²) in [6, 6.07) is 2.70. The van der Waals surface area contributed by atoms with E-state index < -0.39 is 27.1 Å². The molecule has 0 radical (unpaired) electrons. The second-order valence-corrected chi connectivity index (χ2v) is 6.14. The first-order valence-corrected chi connectivity index (χ1v) is 8.27. The zero-order valence-corrected chi connectivity index (χ0v) is 15.6. The van der Waals surface area contributed by atoms with Crippen LogP contribution in [0.25, 0.3) is 5.95 Å². The van der Waals surface area contributed by atoms with E-state index in [1.807, 2.05) is 20.8 Å². The smallest absolute Gasteiger partial charge is 0.277 e. The first-order chi connectivity index (χ1) is 13.7. The van der Waals surface area contributed by atoms with Gasteiger partial charge < -0.3 is 5.32 Å². The molecule has 0 spiro atoms. The Kier molecular flexibility index (Phi) is 5.00. The lowest BCUT2D eigenvalue weighted by Gasteiger charge is -2.08. The van der Waals surface area contributed by atoms with Crippen LogP contribution in [0.4, 0.5) is 17.1 Å². The zero-order valence-electron chi connectivity index (χ0n) is 15.6. The molecule has 2 aromatic heterocycles. The Morgan fingerprint density at radius 2 is 1.55 bits per heavy atom. The van der Waals surface area contributed by atoms with Crippen LogP contribution >= 0.6 is 0 Å². The van der Waals surface area contributed by atoms with Gasteiger partial charge >= 0.3 is 0 Å². The van der Waals surface area contributed by atoms with Crippen LogP contribution in [0.2, 0.25) is 0 Å². The minimum absolute atomic E-state index is 0.222. The van der Waals surface area contributed by atoms with Gasteiger partial charge in [-0.3, -0.25) is 29.6 Å². The van der Waals surface area contributed by atoms with Crippen molar-refractivity contribution in [2.45, 2.75) is 20.8 Å². The maximum Gasteiger partial charge on any atom is 0.277 e. The third-order valence-corrected chi connectivity index (χ3v) is 4.19. The third kappa shape index (κ3) is 3.90. The van der Waals surface area contributed by atoms with Crippen molar-refractivity contribution in [3.05, 3.63) is 73.6 Å². The fraction of sp³-hybridized carbons (Fsp3) is 0.176. The number of carbonyl (C=O) groups excluding carboxylic acids is 1. The maximum absolute atomic E-state index is 12.4. The molecule has 1 N–H and O–H groups in total. The predicted molar refractivity (Wildman–Crippen MR) is 101 cm³/mol. The molecule has 0 saturated heterocycles. The van der Waals surface area contributed by atoms with Gasteiger partial charge in [-0.05, 0) is 20.8 Å². The number of amides is 1. The van der Waals surface area contributed by atoms with Crippen molar-refractivity contribution in [2.24, 2.45) is 0 Å². The van der Waals surface area contributed by atoms with Gasteiger partial charge in [-0.25, -0.2) is 15.0 Å². The molecule has 29 heavy (non-hydrogen) atoms. The molecule has 0 aliphatic heterocycles. The molecule has 1 aromatic carbocycles. The molecule has 0 bridgehead atoms. The van der Waals surface area contributed by atoms with Crippen LogP contribution in [0.1, 0.15) is 27.6 Å². The number of nitro groups is 2. The minimum Gasteiger partial charge on any atom is -0.319 e. The van der Waals surface area contributed by atoms with E-state index in [1.54, 1.807) is 4.57 Å². The van der Waals surface area contributed by atoms with E-state index >= 15 is 0 Å². The number of rotatable bonds is 5. The van der Waals surface area contributed by atoms with E-state index in [2.05, 4.69) is 20.3 Å². The molecule has 3 rings (SSSR count). The van der Waals surface area contributed by atoms with Crippen LogP contribution in [-0.2, 0) is 0 Å². The summed E-state index contributed by atoms with van der Waals surface area (Å²) in [5, 5.41) is 24.4. The Labute approximate surface area is 163 Å². The zero-order chi connectivity index (χ0) is 21.3. The van der Waals surface area contributed by atoms with Crippen LogP contribution in [0.3, 0.4) is 0 Å². The van der Waals surface area contributed by atoms with Gasteiger partial charge in [-0.15, -0.1) is 0 Å². The van der Waals surface area contributed by atoms with Crippen LogP contribution < -0.4 is 5.32 Å². The topological polar surface area (TPSA) is 159 Å². The second-order valence-electron chi connectivity index (χ2n) is 6.14. The van der Waals surface area contributed by atoms with Gasteiger partial charge in [0.05, 0.1) is 45.3 Å². The monoisotopic (exact) mass is 397 g/mol. The van der Waals surface area contributed by atoms with Crippen LogP contribution in [-0.4, -0.2) is 35.3 Å². The number of nitrogens with one attached hydrogen (secondary N) is 1. The quantitative estimate of drug-likeness (QED) is 0.508. The van der Waals surface area contributed by atoms with Gasteiger partial charge in [0.2, 0.25) is 5.95 Å². The van der Waals surface area contributed by atoms with E-state index in [9.17, 15) is 25.0 Å². The van der Waals surface area contributed by atoms with Gasteiger partial charge in [0, 0.05) is 17.8 Å². The summed E-state index contributed by atoms with van der Waals surface area (Å²) in [5.41, 5.74) is 0.598. The Morgan fingerprint density at radius 1 is 1.00 bits per heavy atom. The molecule has 1 amide bonds. The number of hydrogen-bond acceptors (Lipinski definition) is 8. The molecular formula is C17H15N7O5. The van der Waals surface area contributed by atoms with E-state index in [-0.39, 0.29) is 11.3 Å². The molecule has 0 aliphatic carbocycles. The van der Waals surface area contributed by atoms with Gasteiger partial charge in [-0.2, -0.15) is 0 Å². The van der Waals surface area contributed by atoms with Crippen LogP contribution in [0.15, 0.2) is 30.6 Å². The Bertz CT molecular complexity index is 1110. The van der Waals surface area contributed by atoms with E-state index in [0.717, 1.165) is 29.6 Å². The summed E-state index contributed by atoms with van der Waals surface area (Å²) in [5.74, 6) is 0.310. The molecule has 148 valence electrons. The lowest BCUT2D eigenvalue weighted by atomic mass is 10.1. The van der Waals surface area contributed by atoms with E-state index in [1.165, 1.54) is 12.4 Å². The molecule has 12 nitrogen and oxygen atoms in total. The molecule has 0 unspecified atom stereocenters. The molecule has 0 saturated carbocycles. The lowest BCUT2D eigenvalue weighted by Crippen LogP contribution is -2.14. The number of benzene rings is 1. The second kappa shape index (κ2) is 7.42. The first-order valence-electron chi connectivity index (χ1n) is 8.27. The average Bonchev–Trinajstić information content (AvgIpc) is 2.93. The molecule has 0 fully saturated rings. The number of nitro benzene ring substituents is 2. The Hall–Kier alpha value is -4.22. The van der Waals surface area contributed by atoms with Crippen molar-refractivity contribution in [2.75, 3.05) is 5.32 Å². The summed E-state index contributed by atoms with van der Waals surface area (Å²) in [6.07, 6.45) is 2.72. The largest absolute Gasteiger partial charge is 0.319 e. The number of aryl methyl sites for hydroxylation is 2. The standard InChI is InChI=1S/C17H15N7O5/c1-9-10(2)22(11(3)20-9)17-18-7-13(8-19-17)21-16(25)12-4-14(23(26)27)6-15(5-12)24(28)29/h4-8H,1-3H3,(H,21,25). The van der Waals surface area contributed by atoms with Crippen molar-refractivity contribution < 1.29 is 14.6 Å². The number of anilines is 1. The van der Waals surface area contributed by atoms with Crippen LogP contribution in [0, 0.1) is 41.0 Å². The highest BCUT2D eigenvalue weighted by molar-refractivity contribution is 6.05. The highest BCUT2D eigenvalue weighted by Gasteiger charge is 2.20. The molecule has 12 heteroatoms. The lowest BCUT2D eigenvalue weighted by molar-refractivity contribution is -0.394. The SMILES string of the molecule is Cc1nc(C)n(-c2ncc(NC(=O)c3cc([N+](=O)[O-])cc([N+](=O)[O-])c3)cn2)c1C. The number of non-ortho nitro benzene ring substituents is 2. The van der Waals surface area contributed by atoms with E-state index in [0.29, 0.717) is 11.8 Å². The Balaban J connectivity index is 1.86. The van der Waals surface area contributed by atoms with Crippen molar-refractivity contribution in [1.29, 1.82) is 0 Å². The molecule has 0 atom stereocenters.